The summed E-state index contributed by atoms with van der Waals surface area (Å²) in [5.41, 5.74) is 1.92. The van der Waals surface area contributed by atoms with E-state index in [0.29, 0.717) is 30.3 Å². The molecular weight excluding hydrogens is 402 g/mol. The number of hydrogen-bond acceptors (Lipinski definition) is 4. The highest BCUT2D eigenvalue weighted by Gasteiger charge is 2.47. The molecule has 6 nitrogen and oxygen atoms in total. The number of imide groups is 1. The summed E-state index contributed by atoms with van der Waals surface area (Å²) in [6.45, 7) is 4.36. The van der Waals surface area contributed by atoms with Crippen LogP contribution in [0.1, 0.15) is 38.2 Å². The van der Waals surface area contributed by atoms with E-state index < -0.39 is 0 Å². The third-order valence-electron chi connectivity index (χ3n) is 6.40. The van der Waals surface area contributed by atoms with Crippen molar-refractivity contribution < 1.29 is 14.4 Å². The normalized spacial score (nSPS) is 26.1. The van der Waals surface area contributed by atoms with E-state index in [1.165, 1.54) is 12.8 Å². The summed E-state index contributed by atoms with van der Waals surface area (Å²) in [5, 5.41) is 3.49. The number of allylic oxidation sites excluding steroid dienone is 2. The van der Waals surface area contributed by atoms with Crippen molar-refractivity contribution in [1.82, 2.24) is 10.2 Å². The first-order valence-corrected chi connectivity index (χ1v) is 11.1. The fourth-order valence-corrected chi connectivity index (χ4v) is 5.07. The zero-order chi connectivity index (χ0) is 21.3. The Labute approximate surface area is 182 Å². The van der Waals surface area contributed by atoms with Crippen LogP contribution in [0.4, 0.5) is 5.69 Å². The second kappa shape index (κ2) is 8.80. The van der Waals surface area contributed by atoms with Crippen LogP contribution in [0, 0.1) is 17.8 Å². The molecule has 3 atom stereocenters. The lowest BCUT2D eigenvalue weighted by atomic mass is 9.85. The first-order chi connectivity index (χ1) is 14.4. The first-order valence-electron chi connectivity index (χ1n) is 10.7. The number of carbonyl (C=O) groups excluding carboxylic acids is 3. The van der Waals surface area contributed by atoms with Gasteiger partial charge in [-0.05, 0) is 49.3 Å². The van der Waals surface area contributed by atoms with E-state index in [4.69, 9.17) is 11.6 Å². The van der Waals surface area contributed by atoms with Gasteiger partial charge in [0.2, 0.25) is 17.7 Å². The number of benzene rings is 1. The standard InChI is InChI=1S/C23H28ClN3O3/c1-15-5-4-10-26(13-15)20-9-8-16(11-19(20)24)12-25-21(28)14-27-22(29)17-6-2-3-7-18(17)23(27)30/h2-3,8-9,11,15,17-18H,4-7,10,12-14H2,1H3,(H,25,28). The Kier molecular flexibility index (Phi) is 6.14. The van der Waals surface area contributed by atoms with Gasteiger partial charge >= 0.3 is 0 Å². The second-order valence-electron chi connectivity index (χ2n) is 8.67. The Morgan fingerprint density at radius 1 is 1.17 bits per heavy atom. The van der Waals surface area contributed by atoms with Crippen molar-refractivity contribution in [3.8, 4) is 0 Å². The molecule has 3 amide bonds. The maximum atomic E-state index is 12.5. The third kappa shape index (κ3) is 4.24. The molecule has 4 rings (SSSR count). The summed E-state index contributed by atoms with van der Waals surface area (Å²) in [4.78, 5) is 40.8. The number of amides is 3. The number of rotatable bonds is 5. The third-order valence-corrected chi connectivity index (χ3v) is 6.70. The van der Waals surface area contributed by atoms with Crippen molar-refractivity contribution >= 4 is 35.0 Å². The number of hydrogen-bond donors (Lipinski definition) is 1. The molecule has 2 heterocycles. The topological polar surface area (TPSA) is 69.7 Å². The summed E-state index contributed by atoms with van der Waals surface area (Å²) in [6.07, 6.45) is 7.45. The van der Waals surface area contributed by atoms with Crippen LogP contribution in [0.5, 0.6) is 0 Å². The SMILES string of the molecule is CC1CCCN(c2ccc(CNC(=O)CN3C(=O)C4CC=CCC4C3=O)cc2Cl)C1. The average Bonchev–Trinajstić information content (AvgIpc) is 2.97. The van der Waals surface area contributed by atoms with Crippen LogP contribution in [0.25, 0.3) is 0 Å². The molecule has 30 heavy (non-hydrogen) atoms. The lowest BCUT2D eigenvalue weighted by Gasteiger charge is -2.33. The Bertz CT molecular complexity index is 858. The molecule has 2 aliphatic heterocycles. The molecule has 1 aromatic carbocycles. The Balaban J connectivity index is 1.32. The second-order valence-corrected chi connectivity index (χ2v) is 9.08. The molecule has 2 saturated heterocycles. The first kappa shape index (κ1) is 20.9. The lowest BCUT2D eigenvalue weighted by molar-refractivity contribution is -0.143. The number of carbonyl (C=O) groups is 3. The van der Waals surface area contributed by atoms with Crippen LogP contribution in [-0.4, -0.2) is 42.3 Å². The molecule has 1 aromatic rings. The van der Waals surface area contributed by atoms with Crippen molar-refractivity contribution in [3.63, 3.8) is 0 Å². The van der Waals surface area contributed by atoms with Gasteiger partial charge < -0.3 is 10.2 Å². The van der Waals surface area contributed by atoms with Gasteiger partial charge in [0.15, 0.2) is 0 Å². The molecule has 2 fully saturated rings. The molecule has 7 heteroatoms. The van der Waals surface area contributed by atoms with Crippen molar-refractivity contribution in [2.45, 2.75) is 39.2 Å². The number of halogens is 1. The van der Waals surface area contributed by atoms with Crippen LogP contribution in [-0.2, 0) is 20.9 Å². The highest BCUT2D eigenvalue weighted by atomic mass is 35.5. The molecule has 0 aromatic heterocycles. The summed E-state index contributed by atoms with van der Waals surface area (Å²) in [7, 11) is 0. The van der Waals surface area contributed by atoms with E-state index in [9.17, 15) is 14.4 Å². The number of fused-ring (bicyclic) bond motifs is 1. The van der Waals surface area contributed by atoms with Crippen LogP contribution in [0.15, 0.2) is 30.4 Å². The van der Waals surface area contributed by atoms with Crippen molar-refractivity contribution in [1.29, 1.82) is 0 Å². The highest BCUT2D eigenvalue weighted by molar-refractivity contribution is 6.33. The van der Waals surface area contributed by atoms with Gasteiger partial charge in [0, 0.05) is 19.6 Å². The predicted octanol–water partition coefficient (Wildman–Crippen LogP) is 3.14. The molecule has 0 saturated carbocycles. The molecule has 3 aliphatic rings. The minimum Gasteiger partial charge on any atom is -0.370 e. The monoisotopic (exact) mass is 429 g/mol. The molecule has 0 spiro atoms. The van der Waals surface area contributed by atoms with E-state index in [0.717, 1.165) is 29.2 Å². The predicted molar refractivity (Wildman–Crippen MR) is 116 cm³/mol. The van der Waals surface area contributed by atoms with Gasteiger partial charge in [-0.2, -0.15) is 0 Å². The summed E-state index contributed by atoms with van der Waals surface area (Å²) in [5.74, 6) is -0.753. The number of nitrogens with zero attached hydrogens (tertiary/aromatic N) is 2. The summed E-state index contributed by atoms with van der Waals surface area (Å²) in [6, 6.07) is 5.85. The van der Waals surface area contributed by atoms with Crippen LogP contribution in [0.2, 0.25) is 5.02 Å². The van der Waals surface area contributed by atoms with Gasteiger partial charge in [-0.25, -0.2) is 0 Å². The number of nitrogens with one attached hydrogen (secondary N) is 1. The highest BCUT2D eigenvalue weighted by Crippen LogP contribution is 2.35. The Morgan fingerprint density at radius 3 is 2.50 bits per heavy atom. The largest absolute Gasteiger partial charge is 0.370 e. The number of likely N-dealkylation sites (tertiary alicyclic amines) is 1. The van der Waals surface area contributed by atoms with Gasteiger partial charge in [0.1, 0.15) is 6.54 Å². The van der Waals surface area contributed by atoms with E-state index >= 15 is 0 Å². The molecular formula is C23H28ClN3O3. The fourth-order valence-electron chi connectivity index (χ4n) is 4.75. The maximum absolute atomic E-state index is 12.5. The minimum atomic E-state index is -0.339. The fraction of sp³-hybridized carbons (Fsp3) is 0.522. The number of piperidine rings is 1. The average molecular weight is 430 g/mol. The van der Waals surface area contributed by atoms with Gasteiger partial charge in [-0.15, -0.1) is 0 Å². The zero-order valence-corrected chi connectivity index (χ0v) is 18.0. The van der Waals surface area contributed by atoms with Gasteiger partial charge in [0.05, 0.1) is 22.5 Å². The van der Waals surface area contributed by atoms with Crippen molar-refractivity contribution in [2.24, 2.45) is 17.8 Å². The molecule has 1 N–H and O–H groups in total. The minimum absolute atomic E-state index is 0.220. The van der Waals surface area contributed by atoms with Gasteiger partial charge in [0.25, 0.3) is 0 Å². The van der Waals surface area contributed by atoms with Gasteiger partial charge in [-0.3, -0.25) is 19.3 Å². The maximum Gasteiger partial charge on any atom is 0.240 e. The molecule has 160 valence electrons. The van der Waals surface area contributed by atoms with Crippen LogP contribution in [0.3, 0.4) is 0 Å². The van der Waals surface area contributed by atoms with Gasteiger partial charge in [-0.1, -0.05) is 36.7 Å². The van der Waals surface area contributed by atoms with Crippen LogP contribution < -0.4 is 10.2 Å². The summed E-state index contributed by atoms with van der Waals surface area (Å²) >= 11 is 6.51. The van der Waals surface area contributed by atoms with E-state index in [1.807, 2.05) is 30.4 Å². The van der Waals surface area contributed by atoms with Crippen molar-refractivity contribution in [2.75, 3.05) is 24.5 Å². The Morgan fingerprint density at radius 2 is 1.87 bits per heavy atom. The molecule has 0 bridgehead atoms. The molecule has 1 aliphatic carbocycles. The Hall–Kier alpha value is -2.34. The smallest absolute Gasteiger partial charge is 0.240 e. The van der Waals surface area contributed by atoms with E-state index in [2.05, 4.69) is 17.1 Å². The zero-order valence-electron chi connectivity index (χ0n) is 17.3. The lowest BCUT2D eigenvalue weighted by Crippen LogP contribution is -2.40. The van der Waals surface area contributed by atoms with E-state index in [-0.39, 0.29) is 36.1 Å². The van der Waals surface area contributed by atoms with Crippen molar-refractivity contribution in [3.05, 3.63) is 40.9 Å². The number of anilines is 1. The molecule has 3 unspecified atom stereocenters. The quantitative estimate of drug-likeness (QED) is 0.576. The summed E-state index contributed by atoms with van der Waals surface area (Å²) < 4.78 is 0. The molecule has 0 radical (unpaired) electrons. The van der Waals surface area contributed by atoms with E-state index in [1.54, 1.807) is 0 Å². The van der Waals surface area contributed by atoms with Crippen LogP contribution >= 0.6 is 11.6 Å².